The van der Waals surface area contributed by atoms with Crippen LogP contribution in [-0.4, -0.2) is 36.5 Å². The molecule has 13 heavy (non-hydrogen) atoms. The second kappa shape index (κ2) is 6.77. The fourth-order valence-electron chi connectivity index (χ4n) is 0.589. The first-order valence-corrected chi connectivity index (χ1v) is 5.38. The molecule has 4 nitrogen and oxygen atoms in total. The van der Waals surface area contributed by atoms with Crippen molar-refractivity contribution in [2.75, 3.05) is 19.4 Å². The number of thioether (sulfide) groups is 1. The summed E-state index contributed by atoms with van der Waals surface area (Å²) >= 11 is 1.62. The fourth-order valence-corrected chi connectivity index (χ4v) is 0.839. The number of ether oxygens (including phenoxy) is 1. The van der Waals surface area contributed by atoms with Crippen LogP contribution in [0.5, 0.6) is 0 Å². The van der Waals surface area contributed by atoms with Crippen LogP contribution in [0, 0.1) is 0 Å². The fraction of sp³-hybridized carbons (Fsp3) is 0.750. The number of carbonyl (C=O) groups excluding carboxylic acids is 2. The Kier molecular flexibility index (Phi) is 6.40. The molecular weight excluding hydrogens is 190 g/mol. The van der Waals surface area contributed by atoms with E-state index < -0.39 is 11.9 Å². The van der Waals surface area contributed by atoms with Crippen molar-refractivity contribution in [2.45, 2.75) is 19.1 Å². The number of hydrogen-bond donors (Lipinski definition) is 1. The van der Waals surface area contributed by atoms with Gasteiger partial charge >= 0.3 is 11.9 Å². The van der Waals surface area contributed by atoms with Crippen molar-refractivity contribution >= 4 is 23.6 Å². The molecule has 0 aromatic rings. The number of hydrogen-bond acceptors (Lipinski definition) is 4. The Balaban J connectivity index is 3.68. The average molecular weight is 205 g/mol. The van der Waals surface area contributed by atoms with Gasteiger partial charge in [-0.05, 0) is 13.2 Å². The Bertz CT molecular complexity index is 184. The van der Waals surface area contributed by atoms with Gasteiger partial charge in [0.1, 0.15) is 0 Å². The summed E-state index contributed by atoms with van der Waals surface area (Å²) in [6, 6.07) is 0. The molecule has 0 aromatic heterocycles. The highest BCUT2D eigenvalue weighted by atomic mass is 32.2. The van der Waals surface area contributed by atoms with Crippen molar-refractivity contribution in [3.8, 4) is 0 Å². The Morgan fingerprint density at radius 1 is 1.54 bits per heavy atom. The third-order valence-corrected chi connectivity index (χ3v) is 2.38. The lowest BCUT2D eigenvalue weighted by Crippen LogP contribution is -2.36. The number of esters is 1. The van der Waals surface area contributed by atoms with E-state index in [9.17, 15) is 9.59 Å². The molecule has 1 N–H and O–H groups in total. The maximum Gasteiger partial charge on any atom is 0.396 e. The van der Waals surface area contributed by atoms with E-state index in [0.717, 1.165) is 0 Å². The molecule has 5 heteroatoms. The third kappa shape index (κ3) is 5.52. The lowest BCUT2D eigenvalue weighted by molar-refractivity contribution is -0.154. The molecule has 0 aliphatic heterocycles. The van der Waals surface area contributed by atoms with Gasteiger partial charge in [0.15, 0.2) is 0 Å². The van der Waals surface area contributed by atoms with Gasteiger partial charge < -0.3 is 10.1 Å². The van der Waals surface area contributed by atoms with Gasteiger partial charge in [-0.15, -0.1) is 0 Å². The second-order valence-corrected chi connectivity index (χ2v) is 3.75. The molecule has 0 aliphatic rings. The van der Waals surface area contributed by atoms with Gasteiger partial charge in [-0.25, -0.2) is 4.79 Å². The molecule has 0 heterocycles. The Morgan fingerprint density at radius 3 is 2.62 bits per heavy atom. The van der Waals surface area contributed by atoms with E-state index in [0.29, 0.717) is 11.8 Å². The Morgan fingerprint density at radius 2 is 2.15 bits per heavy atom. The average Bonchev–Trinajstić information content (AvgIpc) is 2.13. The molecule has 0 radical (unpaired) electrons. The number of carbonyl (C=O) groups is 2. The first-order chi connectivity index (χ1) is 6.11. The van der Waals surface area contributed by atoms with E-state index >= 15 is 0 Å². The Labute approximate surface area is 82.4 Å². The van der Waals surface area contributed by atoms with E-state index in [4.69, 9.17) is 0 Å². The van der Waals surface area contributed by atoms with Crippen LogP contribution in [0.15, 0.2) is 0 Å². The zero-order valence-electron chi connectivity index (χ0n) is 8.12. The van der Waals surface area contributed by atoms with Crippen molar-refractivity contribution in [3.63, 3.8) is 0 Å². The Hall–Kier alpha value is -0.710. The van der Waals surface area contributed by atoms with Crippen LogP contribution >= 0.6 is 11.8 Å². The van der Waals surface area contributed by atoms with Crippen molar-refractivity contribution < 1.29 is 14.3 Å². The summed E-state index contributed by atoms with van der Waals surface area (Å²) in [6.45, 7) is 4.34. The monoisotopic (exact) mass is 205 g/mol. The summed E-state index contributed by atoms with van der Waals surface area (Å²) in [5.74, 6) is -1.47. The zero-order chi connectivity index (χ0) is 10.3. The summed E-state index contributed by atoms with van der Waals surface area (Å²) in [6.07, 6.45) is 1.95. The van der Waals surface area contributed by atoms with Crippen molar-refractivity contribution in [1.82, 2.24) is 5.32 Å². The van der Waals surface area contributed by atoms with E-state index in [2.05, 4.69) is 10.1 Å². The lowest BCUT2D eigenvalue weighted by atomic mass is 10.4. The van der Waals surface area contributed by atoms with Gasteiger partial charge in [0.25, 0.3) is 0 Å². The molecule has 0 spiro atoms. The van der Waals surface area contributed by atoms with Crippen LogP contribution in [0.1, 0.15) is 13.8 Å². The quantitative estimate of drug-likeness (QED) is 0.534. The van der Waals surface area contributed by atoms with Crippen molar-refractivity contribution in [2.24, 2.45) is 0 Å². The molecule has 0 saturated carbocycles. The van der Waals surface area contributed by atoms with Crippen molar-refractivity contribution in [1.29, 1.82) is 0 Å². The van der Waals surface area contributed by atoms with Crippen LogP contribution in [0.2, 0.25) is 0 Å². The smallest absolute Gasteiger partial charge is 0.396 e. The summed E-state index contributed by atoms with van der Waals surface area (Å²) < 4.78 is 4.51. The molecule has 1 atom stereocenters. The van der Waals surface area contributed by atoms with E-state index in [1.54, 1.807) is 18.7 Å². The van der Waals surface area contributed by atoms with Gasteiger partial charge in [0.2, 0.25) is 0 Å². The van der Waals surface area contributed by atoms with E-state index in [1.165, 1.54) is 0 Å². The highest BCUT2D eigenvalue weighted by Crippen LogP contribution is 2.02. The molecule has 0 aliphatic carbocycles. The molecule has 0 fully saturated rings. The molecular formula is C8H15NO3S. The second-order valence-electron chi connectivity index (χ2n) is 2.48. The highest BCUT2D eigenvalue weighted by Gasteiger charge is 2.14. The van der Waals surface area contributed by atoms with Crippen LogP contribution in [0.25, 0.3) is 0 Å². The topological polar surface area (TPSA) is 55.4 Å². The molecule has 0 saturated heterocycles. The maximum atomic E-state index is 11.0. The zero-order valence-corrected chi connectivity index (χ0v) is 8.94. The minimum absolute atomic E-state index is 0.227. The standard InChI is InChI=1S/C8H15NO3S/c1-4-12-8(11)7(10)9-5-6(2)13-3/h6H,4-5H2,1-3H3,(H,9,10). The molecule has 0 aromatic carbocycles. The minimum atomic E-state index is -0.809. The lowest BCUT2D eigenvalue weighted by Gasteiger charge is -2.08. The number of nitrogens with one attached hydrogen (secondary N) is 1. The van der Waals surface area contributed by atoms with Crippen LogP contribution < -0.4 is 5.32 Å². The first-order valence-electron chi connectivity index (χ1n) is 4.09. The van der Waals surface area contributed by atoms with E-state index in [-0.39, 0.29) is 6.61 Å². The predicted molar refractivity (Wildman–Crippen MR) is 52.6 cm³/mol. The predicted octanol–water partition coefficient (Wildman–Crippen LogP) is 0.417. The minimum Gasteiger partial charge on any atom is -0.459 e. The van der Waals surface area contributed by atoms with Gasteiger partial charge in [0, 0.05) is 11.8 Å². The molecule has 1 amide bonds. The van der Waals surface area contributed by atoms with E-state index in [1.807, 2.05) is 13.2 Å². The first kappa shape index (κ1) is 12.3. The van der Waals surface area contributed by atoms with Crippen LogP contribution in [0.3, 0.4) is 0 Å². The molecule has 76 valence electrons. The summed E-state index contributed by atoms with van der Waals surface area (Å²) in [5.41, 5.74) is 0. The van der Waals surface area contributed by atoms with Gasteiger partial charge in [-0.1, -0.05) is 6.92 Å². The largest absolute Gasteiger partial charge is 0.459 e. The molecule has 1 unspecified atom stereocenters. The summed E-state index contributed by atoms with van der Waals surface area (Å²) in [7, 11) is 0. The van der Waals surface area contributed by atoms with Crippen molar-refractivity contribution in [3.05, 3.63) is 0 Å². The number of rotatable bonds is 4. The van der Waals surface area contributed by atoms with Gasteiger partial charge in [0.05, 0.1) is 6.61 Å². The van der Waals surface area contributed by atoms with Gasteiger partial charge in [-0.3, -0.25) is 4.79 Å². The summed E-state index contributed by atoms with van der Waals surface area (Å²) in [5, 5.41) is 2.79. The SMILES string of the molecule is CCOC(=O)C(=O)NCC(C)SC. The van der Waals surface area contributed by atoms with Crippen LogP contribution in [-0.2, 0) is 14.3 Å². The third-order valence-electron chi connectivity index (χ3n) is 1.41. The van der Waals surface area contributed by atoms with Crippen LogP contribution in [0.4, 0.5) is 0 Å². The normalized spacial score (nSPS) is 11.9. The maximum absolute atomic E-state index is 11.0. The summed E-state index contributed by atoms with van der Waals surface area (Å²) in [4.78, 5) is 21.8. The number of amides is 1. The molecule has 0 bridgehead atoms. The highest BCUT2D eigenvalue weighted by molar-refractivity contribution is 7.99. The molecule has 0 rings (SSSR count). The van der Waals surface area contributed by atoms with Gasteiger partial charge in [-0.2, -0.15) is 11.8 Å².